The van der Waals surface area contributed by atoms with E-state index in [0.29, 0.717) is 42.8 Å². The van der Waals surface area contributed by atoms with Crippen molar-refractivity contribution in [2.45, 2.75) is 71.1 Å². The van der Waals surface area contributed by atoms with Crippen molar-refractivity contribution in [3.8, 4) is 5.75 Å². The van der Waals surface area contributed by atoms with Crippen LogP contribution in [0.1, 0.15) is 60.2 Å². The standard InChI is InChI=1S/C22H32N4O5/c1-20(2,3)30-18(28)25-22(17-23-14-8-7-9-15(27)16(14)24-17)10-12-26(13-11-22)19(29)31-21(4,5)6/h7-9,27H,10-13H2,1-6H3,(H,23,24)(H,25,28). The Morgan fingerprint density at radius 3 is 2.26 bits per heavy atom. The number of hydrogen-bond donors (Lipinski definition) is 3. The van der Waals surface area contributed by atoms with Crippen molar-refractivity contribution in [1.82, 2.24) is 20.2 Å². The van der Waals surface area contributed by atoms with Crippen LogP contribution in [0.2, 0.25) is 0 Å². The minimum atomic E-state index is -0.883. The lowest BCUT2D eigenvalue weighted by atomic mass is 9.86. The molecule has 2 amide bonds. The van der Waals surface area contributed by atoms with Gasteiger partial charge >= 0.3 is 12.2 Å². The fourth-order valence-corrected chi connectivity index (χ4v) is 3.56. The van der Waals surface area contributed by atoms with Gasteiger partial charge in [-0.2, -0.15) is 0 Å². The van der Waals surface area contributed by atoms with Crippen molar-refractivity contribution in [2.24, 2.45) is 0 Å². The Morgan fingerprint density at radius 2 is 1.71 bits per heavy atom. The van der Waals surface area contributed by atoms with Gasteiger partial charge in [0.15, 0.2) is 0 Å². The largest absolute Gasteiger partial charge is 0.506 e. The minimum Gasteiger partial charge on any atom is -0.506 e. The average Bonchev–Trinajstić information content (AvgIpc) is 3.05. The number of imidazole rings is 1. The Kier molecular flexibility index (Phi) is 5.82. The van der Waals surface area contributed by atoms with Crippen LogP contribution in [0.4, 0.5) is 9.59 Å². The summed E-state index contributed by atoms with van der Waals surface area (Å²) in [5, 5.41) is 13.1. The van der Waals surface area contributed by atoms with Crippen LogP contribution in [-0.4, -0.2) is 56.5 Å². The molecule has 1 saturated heterocycles. The summed E-state index contributed by atoms with van der Waals surface area (Å²) in [6, 6.07) is 5.09. The first-order valence-corrected chi connectivity index (χ1v) is 10.5. The first-order valence-electron chi connectivity index (χ1n) is 10.5. The molecule has 31 heavy (non-hydrogen) atoms. The number of piperidine rings is 1. The highest BCUT2D eigenvalue weighted by atomic mass is 16.6. The number of fused-ring (bicyclic) bond motifs is 1. The molecule has 3 rings (SSSR count). The SMILES string of the molecule is CC(C)(C)OC(=O)NC1(c2nc3c(O)cccc3[nH]2)CCN(C(=O)OC(C)(C)C)CC1. The fraction of sp³-hybridized carbons (Fsp3) is 0.591. The Labute approximate surface area is 182 Å². The molecule has 1 aromatic heterocycles. The third kappa shape index (κ3) is 5.39. The van der Waals surface area contributed by atoms with Crippen LogP contribution in [0, 0.1) is 0 Å². The van der Waals surface area contributed by atoms with E-state index in [1.165, 1.54) is 0 Å². The lowest BCUT2D eigenvalue weighted by Gasteiger charge is -2.41. The van der Waals surface area contributed by atoms with Crippen LogP contribution >= 0.6 is 0 Å². The zero-order valence-corrected chi connectivity index (χ0v) is 19.0. The summed E-state index contributed by atoms with van der Waals surface area (Å²) < 4.78 is 11.0. The normalized spacial score (nSPS) is 16.8. The average molecular weight is 433 g/mol. The predicted molar refractivity (Wildman–Crippen MR) is 116 cm³/mol. The molecular formula is C22H32N4O5. The number of aromatic amines is 1. The van der Waals surface area contributed by atoms with E-state index >= 15 is 0 Å². The highest BCUT2D eigenvalue weighted by Crippen LogP contribution is 2.35. The van der Waals surface area contributed by atoms with Crippen molar-refractivity contribution in [3.63, 3.8) is 0 Å². The van der Waals surface area contributed by atoms with Crippen molar-refractivity contribution >= 4 is 23.2 Å². The van der Waals surface area contributed by atoms with E-state index in [-0.39, 0.29) is 11.8 Å². The summed E-state index contributed by atoms with van der Waals surface area (Å²) in [7, 11) is 0. The summed E-state index contributed by atoms with van der Waals surface area (Å²) in [4.78, 5) is 34.6. The molecule has 0 aliphatic carbocycles. The third-order valence-corrected chi connectivity index (χ3v) is 4.95. The van der Waals surface area contributed by atoms with Crippen LogP contribution in [-0.2, 0) is 15.0 Å². The molecule has 0 atom stereocenters. The first-order chi connectivity index (χ1) is 14.3. The predicted octanol–water partition coefficient (Wildman–Crippen LogP) is 4.02. The van der Waals surface area contributed by atoms with Gasteiger partial charge in [-0.25, -0.2) is 14.6 Å². The summed E-state index contributed by atoms with van der Waals surface area (Å²) in [6.07, 6.45) is -0.137. The number of amides is 2. The maximum atomic E-state index is 12.7. The van der Waals surface area contributed by atoms with E-state index in [1.54, 1.807) is 37.8 Å². The van der Waals surface area contributed by atoms with Crippen LogP contribution in [0.25, 0.3) is 11.0 Å². The van der Waals surface area contributed by atoms with Gasteiger partial charge < -0.3 is 29.8 Å². The van der Waals surface area contributed by atoms with Gasteiger partial charge in [-0.15, -0.1) is 0 Å². The molecule has 0 saturated carbocycles. The maximum absolute atomic E-state index is 12.7. The second-order valence-corrected chi connectivity index (χ2v) is 9.94. The van der Waals surface area contributed by atoms with Gasteiger partial charge in [-0.1, -0.05) is 6.07 Å². The van der Waals surface area contributed by atoms with Crippen LogP contribution in [0.3, 0.4) is 0 Å². The molecule has 1 fully saturated rings. The molecule has 9 nitrogen and oxygen atoms in total. The second-order valence-electron chi connectivity index (χ2n) is 9.94. The lowest BCUT2D eigenvalue weighted by molar-refractivity contribution is 0.0107. The van der Waals surface area contributed by atoms with E-state index in [9.17, 15) is 14.7 Å². The van der Waals surface area contributed by atoms with Crippen molar-refractivity contribution < 1.29 is 24.2 Å². The molecule has 0 unspecified atom stereocenters. The number of benzene rings is 1. The van der Waals surface area contributed by atoms with Crippen LogP contribution in [0.15, 0.2) is 18.2 Å². The van der Waals surface area contributed by atoms with Crippen LogP contribution < -0.4 is 5.32 Å². The number of hydrogen-bond acceptors (Lipinski definition) is 6. The zero-order valence-electron chi connectivity index (χ0n) is 19.0. The number of rotatable bonds is 2. The number of nitrogens with one attached hydrogen (secondary N) is 2. The minimum absolute atomic E-state index is 0.0543. The third-order valence-electron chi connectivity index (χ3n) is 4.95. The number of aromatic nitrogens is 2. The zero-order chi connectivity index (χ0) is 23.0. The Balaban J connectivity index is 1.88. The molecular weight excluding hydrogens is 400 g/mol. The molecule has 1 aliphatic rings. The quantitative estimate of drug-likeness (QED) is 0.660. The molecule has 0 spiro atoms. The van der Waals surface area contributed by atoms with Crippen molar-refractivity contribution in [1.29, 1.82) is 0 Å². The van der Waals surface area contributed by atoms with Crippen LogP contribution in [0.5, 0.6) is 5.75 Å². The monoisotopic (exact) mass is 432 g/mol. The van der Waals surface area contributed by atoms with E-state index in [2.05, 4.69) is 15.3 Å². The molecule has 0 bridgehead atoms. The molecule has 2 heterocycles. The number of aromatic hydroxyl groups is 1. The number of likely N-dealkylation sites (tertiary alicyclic amines) is 1. The van der Waals surface area contributed by atoms with Gasteiger partial charge in [0.1, 0.15) is 33.8 Å². The lowest BCUT2D eigenvalue weighted by Crippen LogP contribution is -2.55. The highest BCUT2D eigenvalue weighted by Gasteiger charge is 2.43. The fourth-order valence-electron chi connectivity index (χ4n) is 3.56. The van der Waals surface area contributed by atoms with Gasteiger partial charge in [-0.3, -0.25) is 0 Å². The summed E-state index contributed by atoms with van der Waals surface area (Å²) >= 11 is 0. The number of carbonyl (C=O) groups excluding carboxylic acids is 2. The molecule has 1 aliphatic heterocycles. The van der Waals surface area contributed by atoms with E-state index in [1.807, 2.05) is 26.8 Å². The number of carbonyl (C=O) groups is 2. The van der Waals surface area contributed by atoms with E-state index < -0.39 is 22.8 Å². The number of nitrogens with zero attached hydrogens (tertiary/aromatic N) is 2. The smallest absolute Gasteiger partial charge is 0.410 e. The number of H-pyrrole nitrogens is 1. The number of phenols is 1. The van der Waals surface area contributed by atoms with Crippen molar-refractivity contribution in [2.75, 3.05) is 13.1 Å². The molecule has 3 N–H and O–H groups in total. The van der Waals surface area contributed by atoms with Gasteiger partial charge in [-0.05, 0) is 66.5 Å². The highest BCUT2D eigenvalue weighted by molar-refractivity contribution is 5.81. The van der Waals surface area contributed by atoms with Gasteiger partial charge in [0.25, 0.3) is 0 Å². The second kappa shape index (κ2) is 7.94. The maximum Gasteiger partial charge on any atom is 0.410 e. The summed E-state index contributed by atoms with van der Waals surface area (Å²) in [6.45, 7) is 11.6. The number of alkyl carbamates (subject to hydrolysis) is 1. The van der Waals surface area contributed by atoms with Gasteiger partial charge in [0.05, 0.1) is 5.52 Å². The van der Waals surface area contributed by atoms with E-state index in [4.69, 9.17) is 9.47 Å². The molecule has 170 valence electrons. The van der Waals surface area contributed by atoms with Crippen molar-refractivity contribution in [3.05, 3.63) is 24.0 Å². The number of phenolic OH excluding ortho intramolecular Hbond substituents is 1. The topological polar surface area (TPSA) is 117 Å². The number of ether oxygens (including phenoxy) is 2. The van der Waals surface area contributed by atoms with E-state index in [0.717, 1.165) is 0 Å². The van der Waals surface area contributed by atoms with Gasteiger partial charge in [0.2, 0.25) is 0 Å². The first kappa shape index (κ1) is 22.7. The molecule has 2 aromatic rings. The Morgan fingerprint density at radius 1 is 1.10 bits per heavy atom. The summed E-state index contributed by atoms with van der Waals surface area (Å²) in [5.41, 5.74) is -1.04. The molecule has 1 aromatic carbocycles. The molecule has 0 radical (unpaired) electrons. The van der Waals surface area contributed by atoms with Gasteiger partial charge in [0, 0.05) is 13.1 Å². The Hall–Kier alpha value is -2.97. The summed E-state index contributed by atoms with van der Waals surface area (Å²) in [5.74, 6) is 0.567. The number of para-hydroxylation sites is 1. The Bertz CT molecular complexity index is 962. The molecule has 9 heteroatoms.